The Morgan fingerprint density at radius 1 is 1.54 bits per heavy atom. The number of nitrogens with zero attached hydrogens (tertiary/aromatic N) is 1. The van der Waals surface area contributed by atoms with E-state index in [4.69, 9.17) is 4.74 Å². The van der Waals surface area contributed by atoms with E-state index in [0.29, 0.717) is 0 Å². The van der Waals surface area contributed by atoms with Gasteiger partial charge >= 0.3 is 5.97 Å². The highest BCUT2D eigenvalue weighted by atomic mass is 16.5. The Morgan fingerprint density at radius 3 is 2.92 bits per heavy atom. The summed E-state index contributed by atoms with van der Waals surface area (Å²) in [6.07, 6.45) is 4.44. The number of esters is 1. The molecule has 0 spiro atoms. The van der Waals surface area contributed by atoms with E-state index in [1.807, 2.05) is 0 Å². The van der Waals surface area contributed by atoms with Crippen LogP contribution in [0.4, 0.5) is 0 Å². The van der Waals surface area contributed by atoms with Gasteiger partial charge in [0.15, 0.2) is 0 Å². The normalized spacial score (nSPS) is 24.3. The van der Waals surface area contributed by atoms with Gasteiger partial charge in [-0.15, -0.1) is 0 Å². The van der Waals surface area contributed by atoms with Crippen LogP contribution < -0.4 is 0 Å². The molecule has 0 aromatic carbocycles. The Kier molecular flexibility index (Phi) is 4.22. The quantitative estimate of drug-likeness (QED) is 0.623. The van der Waals surface area contributed by atoms with Gasteiger partial charge in [-0.2, -0.15) is 0 Å². The number of hydrogen-bond acceptors (Lipinski definition) is 3. The first-order valence-corrected chi connectivity index (χ1v) is 5.11. The summed E-state index contributed by atoms with van der Waals surface area (Å²) in [5, 5.41) is 0. The van der Waals surface area contributed by atoms with Crippen LogP contribution in [-0.4, -0.2) is 37.1 Å². The molecule has 1 rings (SSSR count). The summed E-state index contributed by atoms with van der Waals surface area (Å²) in [6.45, 7) is 4.20. The smallest absolute Gasteiger partial charge is 0.323 e. The first kappa shape index (κ1) is 10.5. The fraction of sp³-hybridized carbons (Fsp3) is 0.900. The minimum absolute atomic E-state index is 0.0266. The van der Waals surface area contributed by atoms with Crippen molar-refractivity contribution < 1.29 is 9.53 Å². The minimum Gasteiger partial charge on any atom is -0.468 e. The van der Waals surface area contributed by atoms with Crippen molar-refractivity contribution in [2.75, 3.05) is 20.2 Å². The van der Waals surface area contributed by atoms with E-state index in [9.17, 15) is 4.79 Å². The molecular formula is C10H19NO2. The van der Waals surface area contributed by atoms with E-state index in [-0.39, 0.29) is 12.0 Å². The van der Waals surface area contributed by atoms with Gasteiger partial charge < -0.3 is 4.74 Å². The van der Waals surface area contributed by atoms with Gasteiger partial charge in [-0.1, -0.05) is 13.3 Å². The third-order valence-corrected chi connectivity index (χ3v) is 2.60. The summed E-state index contributed by atoms with van der Waals surface area (Å²) in [4.78, 5) is 13.6. The summed E-state index contributed by atoms with van der Waals surface area (Å²) >= 11 is 0. The molecular weight excluding hydrogens is 166 g/mol. The van der Waals surface area contributed by atoms with Gasteiger partial charge in [-0.05, 0) is 32.4 Å². The zero-order chi connectivity index (χ0) is 9.68. The molecule has 1 unspecified atom stereocenters. The predicted molar refractivity (Wildman–Crippen MR) is 51.5 cm³/mol. The average molecular weight is 185 g/mol. The first-order valence-electron chi connectivity index (χ1n) is 5.11. The van der Waals surface area contributed by atoms with Crippen LogP contribution in [0.5, 0.6) is 0 Å². The van der Waals surface area contributed by atoms with E-state index >= 15 is 0 Å². The Balaban J connectivity index is 2.50. The minimum atomic E-state index is -0.0619. The van der Waals surface area contributed by atoms with Gasteiger partial charge in [0.2, 0.25) is 0 Å². The molecule has 0 N–H and O–H groups in total. The van der Waals surface area contributed by atoms with Crippen LogP contribution in [0, 0.1) is 0 Å². The van der Waals surface area contributed by atoms with Gasteiger partial charge in [0, 0.05) is 0 Å². The Labute approximate surface area is 80.1 Å². The second-order valence-corrected chi connectivity index (χ2v) is 3.57. The van der Waals surface area contributed by atoms with E-state index in [1.54, 1.807) is 0 Å². The van der Waals surface area contributed by atoms with Crippen molar-refractivity contribution in [3.05, 3.63) is 0 Å². The lowest BCUT2D eigenvalue weighted by Crippen LogP contribution is -2.45. The largest absolute Gasteiger partial charge is 0.468 e. The van der Waals surface area contributed by atoms with Crippen LogP contribution in [0.25, 0.3) is 0 Å². The number of ether oxygens (including phenoxy) is 1. The topological polar surface area (TPSA) is 29.5 Å². The molecule has 0 bridgehead atoms. The molecule has 13 heavy (non-hydrogen) atoms. The van der Waals surface area contributed by atoms with Crippen LogP contribution in [0.3, 0.4) is 0 Å². The molecule has 0 amide bonds. The lowest BCUT2D eigenvalue weighted by atomic mass is 10.0. The van der Waals surface area contributed by atoms with Crippen molar-refractivity contribution in [3.8, 4) is 0 Å². The molecule has 3 nitrogen and oxygen atoms in total. The third kappa shape index (κ3) is 2.69. The van der Waals surface area contributed by atoms with Crippen LogP contribution in [0.2, 0.25) is 0 Å². The number of carbonyl (C=O) groups is 1. The van der Waals surface area contributed by atoms with Crippen LogP contribution in [-0.2, 0) is 9.53 Å². The fourth-order valence-electron chi connectivity index (χ4n) is 1.95. The summed E-state index contributed by atoms with van der Waals surface area (Å²) < 4.78 is 4.79. The van der Waals surface area contributed by atoms with Gasteiger partial charge in [0.1, 0.15) is 6.04 Å². The average Bonchev–Trinajstić information content (AvgIpc) is 2.18. The summed E-state index contributed by atoms with van der Waals surface area (Å²) in [6, 6.07) is 0.0266. The van der Waals surface area contributed by atoms with Gasteiger partial charge in [-0.3, -0.25) is 9.69 Å². The van der Waals surface area contributed by atoms with Gasteiger partial charge in [0.25, 0.3) is 0 Å². The molecule has 1 heterocycles. The monoisotopic (exact) mass is 185 g/mol. The molecule has 1 saturated heterocycles. The third-order valence-electron chi connectivity index (χ3n) is 2.60. The Hall–Kier alpha value is -0.570. The summed E-state index contributed by atoms with van der Waals surface area (Å²) in [5.41, 5.74) is 0. The number of rotatable bonds is 3. The van der Waals surface area contributed by atoms with Crippen molar-refractivity contribution in [1.29, 1.82) is 0 Å². The molecule has 0 radical (unpaired) electrons. The van der Waals surface area contributed by atoms with Gasteiger partial charge in [-0.25, -0.2) is 0 Å². The molecule has 1 aliphatic rings. The highest BCUT2D eigenvalue weighted by Crippen LogP contribution is 2.17. The molecule has 76 valence electrons. The van der Waals surface area contributed by atoms with E-state index in [0.717, 1.165) is 32.4 Å². The number of carbonyl (C=O) groups excluding carboxylic acids is 1. The fourth-order valence-corrected chi connectivity index (χ4v) is 1.95. The predicted octanol–water partition coefficient (Wildman–Crippen LogP) is 1.42. The van der Waals surface area contributed by atoms with Crippen molar-refractivity contribution in [2.45, 2.75) is 38.6 Å². The summed E-state index contributed by atoms with van der Waals surface area (Å²) in [5.74, 6) is -0.0619. The molecule has 0 saturated carbocycles. The van der Waals surface area contributed by atoms with Crippen molar-refractivity contribution in [2.24, 2.45) is 0 Å². The molecule has 0 aromatic rings. The van der Waals surface area contributed by atoms with Crippen molar-refractivity contribution in [3.63, 3.8) is 0 Å². The molecule has 1 aliphatic heterocycles. The van der Waals surface area contributed by atoms with E-state index in [1.165, 1.54) is 13.5 Å². The number of hydrogen-bond donors (Lipinski definition) is 0. The van der Waals surface area contributed by atoms with Crippen molar-refractivity contribution in [1.82, 2.24) is 4.90 Å². The second kappa shape index (κ2) is 5.22. The zero-order valence-corrected chi connectivity index (χ0v) is 8.58. The highest BCUT2D eigenvalue weighted by molar-refractivity contribution is 5.75. The molecule has 0 aromatic heterocycles. The van der Waals surface area contributed by atoms with Crippen LogP contribution in [0.1, 0.15) is 32.6 Å². The number of likely N-dealkylation sites (tertiary alicyclic amines) is 1. The van der Waals surface area contributed by atoms with Crippen molar-refractivity contribution >= 4 is 5.97 Å². The standard InChI is InChI=1S/C10H19NO2/c1-3-7-11-8-5-4-6-9(11)10(12)13-2/h9H,3-8H2,1-2H3. The van der Waals surface area contributed by atoms with Crippen LogP contribution in [0.15, 0.2) is 0 Å². The lowest BCUT2D eigenvalue weighted by Gasteiger charge is -2.33. The SMILES string of the molecule is CCCN1CCCCC1C(=O)OC. The van der Waals surface area contributed by atoms with E-state index in [2.05, 4.69) is 11.8 Å². The Morgan fingerprint density at radius 2 is 2.31 bits per heavy atom. The molecule has 0 aliphatic carbocycles. The maximum atomic E-state index is 11.4. The highest BCUT2D eigenvalue weighted by Gasteiger charge is 2.28. The zero-order valence-electron chi connectivity index (χ0n) is 8.58. The van der Waals surface area contributed by atoms with E-state index < -0.39 is 0 Å². The maximum Gasteiger partial charge on any atom is 0.323 e. The maximum absolute atomic E-state index is 11.4. The Bertz CT molecular complexity index is 168. The lowest BCUT2D eigenvalue weighted by molar-refractivity contribution is -0.148. The molecule has 3 heteroatoms. The number of piperidine rings is 1. The second-order valence-electron chi connectivity index (χ2n) is 3.57. The van der Waals surface area contributed by atoms with Gasteiger partial charge in [0.05, 0.1) is 7.11 Å². The van der Waals surface area contributed by atoms with Crippen LogP contribution >= 0.6 is 0 Å². The number of methoxy groups -OCH3 is 1. The molecule has 1 atom stereocenters. The summed E-state index contributed by atoms with van der Waals surface area (Å²) in [7, 11) is 1.47. The first-order chi connectivity index (χ1) is 6.29. The molecule has 1 fully saturated rings.